The number of nitrogens with zero attached hydrogens (tertiary/aromatic N) is 1. The van der Waals surface area contributed by atoms with E-state index in [-0.39, 0.29) is 25.4 Å². The minimum Gasteiger partial charge on any atom is -0.355 e. The molecule has 2 N–H and O–H groups in total. The highest BCUT2D eigenvalue weighted by molar-refractivity contribution is 5.84. The van der Waals surface area contributed by atoms with Crippen molar-refractivity contribution in [1.29, 1.82) is 0 Å². The van der Waals surface area contributed by atoms with Gasteiger partial charge in [0.15, 0.2) is 5.41 Å². The zero-order valence-electron chi connectivity index (χ0n) is 12.4. The molecule has 1 unspecified atom stereocenters. The largest absolute Gasteiger partial charge is 0.404 e. The first kappa shape index (κ1) is 16.5. The van der Waals surface area contributed by atoms with Crippen LogP contribution in [0.25, 0.3) is 0 Å². The molecule has 2 aliphatic rings. The average molecular weight is 307 g/mol. The van der Waals surface area contributed by atoms with Crippen LogP contribution in [0, 0.1) is 11.3 Å². The molecule has 0 bridgehead atoms. The van der Waals surface area contributed by atoms with E-state index in [2.05, 4.69) is 22.5 Å². The molecule has 122 valence electrons. The van der Waals surface area contributed by atoms with E-state index in [1.165, 1.54) is 0 Å². The molecule has 1 atom stereocenters. The Hall–Kier alpha value is -0.820. The lowest BCUT2D eigenvalue weighted by atomic mass is 9.85. The third-order valence-corrected chi connectivity index (χ3v) is 4.84. The maximum Gasteiger partial charge on any atom is 0.404 e. The zero-order chi connectivity index (χ0) is 15.5. The molecule has 21 heavy (non-hydrogen) atoms. The van der Waals surface area contributed by atoms with Crippen LogP contribution in [0.4, 0.5) is 13.2 Å². The van der Waals surface area contributed by atoms with Crippen LogP contribution < -0.4 is 10.6 Å². The fourth-order valence-corrected chi connectivity index (χ4v) is 3.17. The van der Waals surface area contributed by atoms with Gasteiger partial charge in [-0.1, -0.05) is 6.92 Å². The molecule has 7 heteroatoms. The van der Waals surface area contributed by atoms with E-state index in [4.69, 9.17) is 0 Å². The fourth-order valence-electron chi connectivity index (χ4n) is 3.17. The lowest BCUT2D eigenvalue weighted by Gasteiger charge is -2.33. The minimum atomic E-state index is -4.49. The Balaban J connectivity index is 1.86. The molecular formula is C14H24F3N3O. The molecule has 0 radical (unpaired) electrons. The van der Waals surface area contributed by atoms with E-state index in [0.717, 1.165) is 32.5 Å². The highest BCUT2D eigenvalue weighted by atomic mass is 19.4. The molecule has 4 nitrogen and oxygen atoms in total. The van der Waals surface area contributed by atoms with Gasteiger partial charge < -0.3 is 15.5 Å². The summed E-state index contributed by atoms with van der Waals surface area (Å²) in [5.41, 5.74) is -2.24. The number of nitrogens with one attached hydrogen (secondary N) is 2. The smallest absolute Gasteiger partial charge is 0.355 e. The molecule has 0 aromatic heterocycles. The summed E-state index contributed by atoms with van der Waals surface area (Å²) in [4.78, 5) is 14.4. The van der Waals surface area contributed by atoms with Gasteiger partial charge in [-0.15, -0.1) is 0 Å². The third-order valence-electron chi connectivity index (χ3n) is 4.84. The van der Waals surface area contributed by atoms with Crippen LogP contribution in [-0.4, -0.2) is 56.3 Å². The maximum atomic E-state index is 13.2. The molecule has 2 fully saturated rings. The molecule has 0 aromatic carbocycles. The van der Waals surface area contributed by atoms with Crippen LogP contribution in [-0.2, 0) is 4.79 Å². The van der Waals surface area contributed by atoms with Gasteiger partial charge in [0, 0.05) is 13.1 Å². The van der Waals surface area contributed by atoms with Crippen LogP contribution in [0.15, 0.2) is 0 Å². The van der Waals surface area contributed by atoms with Crippen LogP contribution in [0.2, 0.25) is 0 Å². The number of carbonyl (C=O) groups is 1. The fraction of sp³-hybridized carbons (Fsp3) is 0.929. The Bertz CT molecular complexity index is 359. The average Bonchev–Trinajstić information content (AvgIpc) is 2.96. The molecule has 2 saturated heterocycles. The lowest BCUT2D eigenvalue weighted by Crippen LogP contribution is -2.53. The molecule has 2 aliphatic heterocycles. The van der Waals surface area contributed by atoms with Gasteiger partial charge in [0.25, 0.3) is 0 Å². The molecule has 2 rings (SSSR count). The van der Waals surface area contributed by atoms with Gasteiger partial charge in [-0.2, -0.15) is 13.2 Å². The number of hydrogen-bond donors (Lipinski definition) is 2. The Morgan fingerprint density at radius 1 is 1.38 bits per heavy atom. The van der Waals surface area contributed by atoms with Crippen molar-refractivity contribution in [2.24, 2.45) is 11.3 Å². The minimum absolute atomic E-state index is 0.170. The van der Waals surface area contributed by atoms with Crippen LogP contribution >= 0.6 is 0 Å². The van der Waals surface area contributed by atoms with E-state index in [1.54, 1.807) is 0 Å². The van der Waals surface area contributed by atoms with Crippen LogP contribution in [0.5, 0.6) is 0 Å². The molecule has 0 saturated carbocycles. The van der Waals surface area contributed by atoms with Crippen molar-refractivity contribution in [3.63, 3.8) is 0 Å². The van der Waals surface area contributed by atoms with E-state index >= 15 is 0 Å². The molecule has 0 aromatic rings. The quantitative estimate of drug-likeness (QED) is 0.825. The van der Waals surface area contributed by atoms with Crippen LogP contribution in [0.3, 0.4) is 0 Å². The first-order valence-electron chi connectivity index (χ1n) is 7.67. The Morgan fingerprint density at radius 2 is 2.05 bits per heavy atom. The zero-order valence-corrected chi connectivity index (χ0v) is 12.4. The van der Waals surface area contributed by atoms with Crippen molar-refractivity contribution in [3.05, 3.63) is 0 Å². The first-order valence-corrected chi connectivity index (χ1v) is 7.67. The highest BCUT2D eigenvalue weighted by Crippen LogP contribution is 2.43. The highest BCUT2D eigenvalue weighted by Gasteiger charge is 2.61. The van der Waals surface area contributed by atoms with Crippen molar-refractivity contribution in [3.8, 4) is 0 Å². The summed E-state index contributed by atoms with van der Waals surface area (Å²) in [6.07, 6.45) is -2.79. The van der Waals surface area contributed by atoms with Gasteiger partial charge in [0.2, 0.25) is 5.91 Å². The SMILES string of the molecule is CCN1CCC(CNC(=O)C2(C(F)(F)F)CCNC2)CC1. The Labute approximate surface area is 123 Å². The summed E-state index contributed by atoms with van der Waals surface area (Å²) in [5, 5.41) is 5.22. The molecule has 2 heterocycles. The van der Waals surface area contributed by atoms with Gasteiger partial charge in [0.1, 0.15) is 0 Å². The Morgan fingerprint density at radius 3 is 2.52 bits per heavy atom. The first-order chi connectivity index (χ1) is 9.89. The molecular weight excluding hydrogens is 283 g/mol. The standard InChI is InChI=1S/C14H24F3N3O/c1-2-20-7-3-11(4-8-20)9-19-12(21)13(14(15,16)17)5-6-18-10-13/h11,18H,2-10H2,1H3,(H,19,21). The van der Waals surface area contributed by atoms with Crippen LogP contribution in [0.1, 0.15) is 26.2 Å². The number of piperidine rings is 1. The van der Waals surface area contributed by atoms with E-state index in [9.17, 15) is 18.0 Å². The number of alkyl halides is 3. The van der Waals surface area contributed by atoms with Crippen molar-refractivity contribution in [2.45, 2.75) is 32.4 Å². The predicted molar refractivity (Wildman–Crippen MR) is 73.8 cm³/mol. The number of hydrogen-bond acceptors (Lipinski definition) is 3. The second kappa shape index (κ2) is 6.52. The summed E-state index contributed by atoms with van der Waals surface area (Å²) in [5.74, 6) is -0.575. The monoisotopic (exact) mass is 307 g/mol. The van der Waals surface area contributed by atoms with Crippen molar-refractivity contribution >= 4 is 5.91 Å². The summed E-state index contributed by atoms with van der Waals surface area (Å²) in [6, 6.07) is 0. The van der Waals surface area contributed by atoms with Gasteiger partial charge in [0.05, 0.1) is 0 Å². The topological polar surface area (TPSA) is 44.4 Å². The second-order valence-corrected chi connectivity index (χ2v) is 6.09. The Kier molecular flexibility index (Phi) is 5.14. The normalized spacial score (nSPS) is 28.8. The van der Waals surface area contributed by atoms with Gasteiger partial charge in [-0.3, -0.25) is 4.79 Å². The van der Waals surface area contributed by atoms with E-state index in [0.29, 0.717) is 6.54 Å². The van der Waals surface area contributed by atoms with Crippen molar-refractivity contribution < 1.29 is 18.0 Å². The lowest BCUT2D eigenvalue weighted by molar-refractivity contribution is -0.216. The van der Waals surface area contributed by atoms with E-state index < -0.39 is 17.5 Å². The van der Waals surface area contributed by atoms with Gasteiger partial charge in [-0.05, 0) is 51.4 Å². The summed E-state index contributed by atoms with van der Waals surface area (Å²) < 4.78 is 39.7. The molecule has 0 aliphatic carbocycles. The number of halogens is 3. The number of likely N-dealkylation sites (tertiary alicyclic amines) is 1. The molecule has 1 amide bonds. The predicted octanol–water partition coefficient (Wildman–Crippen LogP) is 1.38. The summed E-state index contributed by atoms with van der Waals surface area (Å²) >= 11 is 0. The summed E-state index contributed by atoms with van der Waals surface area (Å²) in [6.45, 7) is 5.31. The van der Waals surface area contributed by atoms with Gasteiger partial charge >= 0.3 is 6.18 Å². The number of carbonyl (C=O) groups excluding carboxylic acids is 1. The second-order valence-electron chi connectivity index (χ2n) is 6.09. The van der Waals surface area contributed by atoms with E-state index in [1.807, 2.05) is 0 Å². The number of amides is 1. The van der Waals surface area contributed by atoms with Gasteiger partial charge in [-0.25, -0.2) is 0 Å². The van der Waals surface area contributed by atoms with Crippen molar-refractivity contribution in [2.75, 3.05) is 39.3 Å². The molecule has 0 spiro atoms. The number of rotatable bonds is 4. The van der Waals surface area contributed by atoms with Crippen molar-refractivity contribution in [1.82, 2.24) is 15.5 Å². The third kappa shape index (κ3) is 3.51. The maximum absolute atomic E-state index is 13.2. The summed E-state index contributed by atoms with van der Waals surface area (Å²) in [7, 11) is 0.